The van der Waals surface area contributed by atoms with E-state index < -0.39 is 0 Å². The summed E-state index contributed by atoms with van der Waals surface area (Å²) < 4.78 is 1.13. The van der Waals surface area contributed by atoms with Crippen molar-refractivity contribution in [2.75, 3.05) is 13.1 Å². The van der Waals surface area contributed by atoms with E-state index in [2.05, 4.69) is 10.3 Å². The summed E-state index contributed by atoms with van der Waals surface area (Å²) in [4.78, 5) is 4.67. The van der Waals surface area contributed by atoms with Crippen LogP contribution in [0.5, 0.6) is 0 Å². The Bertz CT molecular complexity index is 517. The zero-order chi connectivity index (χ0) is 11.7. The minimum Gasteiger partial charge on any atom is -0.316 e. The molecule has 2 nitrogen and oxygen atoms in total. The van der Waals surface area contributed by atoms with Gasteiger partial charge in [0.15, 0.2) is 0 Å². The lowest BCUT2D eigenvalue weighted by molar-refractivity contribution is 0.376. The SMILES string of the molecule is Clc1cccc2nc(CC3CCCNC3)sc12. The van der Waals surface area contributed by atoms with Gasteiger partial charge in [0.05, 0.1) is 20.2 Å². The molecule has 1 atom stereocenters. The van der Waals surface area contributed by atoms with Gasteiger partial charge in [0.1, 0.15) is 0 Å². The standard InChI is InChI=1S/C13H15ClN2S/c14-10-4-1-5-11-13(10)17-12(16-11)7-9-3-2-6-15-8-9/h1,4-5,9,15H,2-3,6-8H2. The van der Waals surface area contributed by atoms with Gasteiger partial charge in [-0.1, -0.05) is 17.7 Å². The van der Waals surface area contributed by atoms with Crippen LogP contribution >= 0.6 is 22.9 Å². The predicted molar refractivity (Wildman–Crippen MR) is 73.9 cm³/mol. The molecule has 0 amide bonds. The lowest BCUT2D eigenvalue weighted by Crippen LogP contribution is -2.30. The van der Waals surface area contributed by atoms with Crippen molar-refractivity contribution in [3.05, 3.63) is 28.2 Å². The van der Waals surface area contributed by atoms with Crippen molar-refractivity contribution in [2.24, 2.45) is 5.92 Å². The first kappa shape index (κ1) is 11.5. The Labute approximate surface area is 110 Å². The number of rotatable bonds is 2. The van der Waals surface area contributed by atoms with E-state index >= 15 is 0 Å². The zero-order valence-corrected chi connectivity index (χ0v) is 11.2. The van der Waals surface area contributed by atoms with Gasteiger partial charge in [0.25, 0.3) is 0 Å². The molecule has 1 unspecified atom stereocenters. The highest BCUT2D eigenvalue weighted by molar-refractivity contribution is 7.19. The summed E-state index contributed by atoms with van der Waals surface area (Å²) in [6.07, 6.45) is 3.69. The predicted octanol–water partition coefficient (Wildman–Crippen LogP) is 3.49. The Morgan fingerprint density at radius 3 is 3.18 bits per heavy atom. The van der Waals surface area contributed by atoms with E-state index in [0.29, 0.717) is 0 Å². The van der Waals surface area contributed by atoms with Crippen LogP contribution in [0.2, 0.25) is 5.02 Å². The number of hydrogen-bond acceptors (Lipinski definition) is 3. The monoisotopic (exact) mass is 266 g/mol. The normalized spacial score (nSPS) is 20.9. The molecule has 1 aliphatic heterocycles. The van der Waals surface area contributed by atoms with Crippen LogP contribution in [0.1, 0.15) is 17.8 Å². The first-order valence-electron chi connectivity index (χ1n) is 6.07. The van der Waals surface area contributed by atoms with Crippen LogP contribution in [-0.2, 0) is 6.42 Å². The van der Waals surface area contributed by atoms with Gasteiger partial charge in [-0.15, -0.1) is 11.3 Å². The average Bonchev–Trinajstić information content (AvgIpc) is 2.74. The zero-order valence-electron chi connectivity index (χ0n) is 9.58. The number of nitrogens with one attached hydrogen (secondary N) is 1. The quantitative estimate of drug-likeness (QED) is 0.900. The lowest BCUT2D eigenvalue weighted by Gasteiger charge is -2.21. The summed E-state index contributed by atoms with van der Waals surface area (Å²) in [5.74, 6) is 0.739. The highest BCUT2D eigenvalue weighted by atomic mass is 35.5. The number of fused-ring (bicyclic) bond motifs is 1. The van der Waals surface area contributed by atoms with Crippen LogP contribution in [-0.4, -0.2) is 18.1 Å². The second kappa shape index (κ2) is 4.92. The number of piperidine rings is 1. The Hall–Kier alpha value is -0.640. The number of nitrogens with zero attached hydrogens (tertiary/aromatic N) is 1. The molecule has 3 rings (SSSR count). The summed E-state index contributed by atoms with van der Waals surface area (Å²) in [5, 5.41) is 5.50. The van der Waals surface area contributed by atoms with Gasteiger partial charge in [0, 0.05) is 6.42 Å². The molecule has 1 fully saturated rings. The van der Waals surface area contributed by atoms with Crippen LogP contribution in [0, 0.1) is 5.92 Å². The van der Waals surface area contributed by atoms with Crippen molar-refractivity contribution in [1.82, 2.24) is 10.3 Å². The molecule has 2 aromatic rings. The maximum Gasteiger partial charge on any atom is 0.0942 e. The lowest BCUT2D eigenvalue weighted by atomic mass is 9.97. The van der Waals surface area contributed by atoms with E-state index in [4.69, 9.17) is 11.6 Å². The topological polar surface area (TPSA) is 24.9 Å². The Morgan fingerprint density at radius 1 is 1.47 bits per heavy atom. The second-order valence-corrected chi connectivity index (χ2v) is 6.10. The van der Waals surface area contributed by atoms with E-state index in [0.717, 1.165) is 34.1 Å². The van der Waals surface area contributed by atoms with Crippen LogP contribution in [0.4, 0.5) is 0 Å². The fraction of sp³-hybridized carbons (Fsp3) is 0.462. The third-order valence-electron chi connectivity index (χ3n) is 3.27. The van der Waals surface area contributed by atoms with E-state index in [1.165, 1.54) is 24.4 Å². The minimum absolute atomic E-state index is 0.739. The number of hydrogen-bond donors (Lipinski definition) is 1. The first-order chi connectivity index (χ1) is 8.33. The molecule has 0 aliphatic carbocycles. The molecular formula is C13H15ClN2S. The smallest absolute Gasteiger partial charge is 0.0942 e. The number of thiazole rings is 1. The fourth-order valence-corrected chi connectivity index (χ4v) is 3.76. The van der Waals surface area contributed by atoms with Gasteiger partial charge in [-0.25, -0.2) is 4.98 Å². The molecule has 1 saturated heterocycles. The maximum absolute atomic E-state index is 6.17. The minimum atomic E-state index is 0.739. The average molecular weight is 267 g/mol. The molecule has 1 aliphatic rings. The van der Waals surface area contributed by atoms with Crippen LogP contribution < -0.4 is 5.32 Å². The first-order valence-corrected chi connectivity index (χ1v) is 7.27. The Morgan fingerprint density at radius 2 is 2.41 bits per heavy atom. The van der Waals surface area contributed by atoms with Gasteiger partial charge in [-0.3, -0.25) is 0 Å². The number of benzene rings is 1. The molecule has 0 spiro atoms. The second-order valence-electron chi connectivity index (χ2n) is 4.61. The van der Waals surface area contributed by atoms with Crippen LogP contribution in [0.25, 0.3) is 10.2 Å². The number of aromatic nitrogens is 1. The van der Waals surface area contributed by atoms with Crippen molar-refractivity contribution < 1.29 is 0 Å². The van der Waals surface area contributed by atoms with E-state index in [9.17, 15) is 0 Å². The summed E-state index contributed by atoms with van der Waals surface area (Å²) in [5.41, 5.74) is 1.04. The summed E-state index contributed by atoms with van der Waals surface area (Å²) in [6, 6.07) is 5.95. The van der Waals surface area contributed by atoms with E-state index in [-0.39, 0.29) is 0 Å². The fourth-order valence-electron chi connectivity index (χ4n) is 2.39. The van der Waals surface area contributed by atoms with Crippen molar-refractivity contribution >= 4 is 33.2 Å². The molecule has 17 heavy (non-hydrogen) atoms. The van der Waals surface area contributed by atoms with Crippen LogP contribution in [0.3, 0.4) is 0 Å². The van der Waals surface area contributed by atoms with Crippen molar-refractivity contribution in [3.63, 3.8) is 0 Å². The van der Waals surface area contributed by atoms with Gasteiger partial charge in [-0.05, 0) is 44.0 Å². The highest BCUT2D eigenvalue weighted by Crippen LogP contribution is 2.30. The van der Waals surface area contributed by atoms with Gasteiger partial charge in [0.2, 0.25) is 0 Å². The molecule has 1 N–H and O–H groups in total. The molecule has 0 radical (unpaired) electrons. The van der Waals surface area contributed by atoms with E-state index in [1.807, 2.05) is 18.2 Å². The number of halogens is 1. The van der Waals surface area contributed by atoms with Gasteiger partial charge < -0.3 is 5.32 Å². The summed E-state index contributed by atoms with van der Waals surface area (Å²) in [7, 11) is 0. The molecule has 0 saturated carbocycles. The van der Waals surface area contributed by atoms with Crippen molar-refractivity contribution in [2.45, 2.75) is 19.3 Å². The molecule has 4 heteroatoms. The molecule has 1 aromatic heterocycles. The van der Waals surface area contributed by atoms with Gasteiger partial charge in [-0.2, -0.15) is 0 Å². The largest absolute Gasteiger partial charge is 0.316 e. The molecule has 90 valence electrons. The Kier molecular flexibility index (Phi) is 3.32. The highest BCUT2D eigenvalue weighted by Gasteiger charge is 2.16. The maximum atomic E-state index is 6.17. The Balaban J connectivity index is 1.83. The van der Waals surface area contributed by atoms with Crippen LogP contribution in [0.15, 0.2) is 18.2 Å². The van der Waals surface area contributed by atoms with Gasteiger partial charge >= 0.3 is 0 Å². The summed E-state index contributed by atoms with van der Waals surface area (Å²) >= 11 is 7.92. The van der Waals surface area contributed by atoms with Crippen molar-refractivity contribution in [3.8, 4) is 0 Å². The molecule has 0 bridgehead atoms. The van der Waals surface area contributed by atoms with E-state index in [1.54, 1.807) is 11.3 Å². The molecule has 2 heterocycles. The third-order valence-corrected chi connectivity index (χ3v) is 4.83. The molecule has 1 aromatic carbocycles. The van der Waals surface area contributed by atoms with Crippen molar-refractivity contribution in [1.29, 1.82) is 0 Å². The summed E-state index contributed by atoms with van der Waals surface area (Å²) in [6.45, 7) is 2.30. The third kappa shape index (κ3) is 2.46. The molecular weight excluding hydrogens is 252 g/mol.